The van der Waals surface area contributed by atoms with Crippen LogP contribution in [0.4, 0.5) is 0 Å². The Morgan fingerprint density at radius 3 is 2.46 bits per heavy atom. The van der Waals surface area contributed by atoms with Gasteiger partial charge in [0.2, 0.25) is 5.91 Å². The number of carbonyl (C=O) groups is 1. The first-order valence-corrected chi connectivity index (χ1v) is 10.9. The molecule has 1 N–H and O–H groups in total. The molecule has 1 atom stereocenters. The zero-order valence-electron chi connectivity index (χ0n) is 13.2. The van der Waals surface area contributed by atoms with Gasteiger partial charge in [0.25, 0.3) is 0 Å². The van der Waals surface area contributed by atoms with Gasteiger partial charge < -0.3 is 5.32 Å². The second kappa shape index (κ2) is 6.82. The molecule has 0 unspecified atom stereocenters. The maximum absolute atomic E-state index is 13.4. The standard InChI is InChI=1S/C19H19NOS3/c21-18(19(8-1-2-9-19)16-6-4-11-24-16)20-17(14-7-12-22-13-14)15-5-3-10-23-15/h3-7,10-13,17H,1-2,8-9H2,(H,20,21)/t17-/m0/s1. The Hall–Kier alpha value is -1.43. The number of hydrogen-bond donors (Lipinski definition) is 1. The Kier molecular flexibility index (Phi) is 4.57. The quantitative estimate of drug-likeness (QED) is 0.621. The minimum absolute atomic E-state index is 0.0406. The molecule has 3 aromatic heterocycles. The molecule has 4 rings (SSSR count). The SMILES string of the molecule is O=C(N[C@@H](c1ccsc1)c1cccs1)C1(c2cccs2)CCCC1. The first kappa shape index (κ1) is 16.1. The van der Waals surface area contributed by atoms with Crippen LogP contribution in [0.3, 0.4) is 0 Å². The summed E-state index contributed by atoms with van der Waals surface area (Å²) in [4.78, 5) is 15.8. The molecule has 0 saturated heterocycles. The third-order valence-electron chi connectivity index (χ3n) is 4.86. The Morgan fingerprint density at radius 1 is 1.04 bits per heavy atom. The molecular weight excluding hydrogens is 354 g/mol. The van der Waals surface area contributed by atoms with Crippen molar-refractivity contribution in [3.05, 3.63) is 67.2 Å². The van der Waals surface area contributed by atoms with Gasteiger partial charge in [-0.1, -0.05) is 25.0 Å². The fourth-order valence-electron chi connectivity index (χ4n) is 3.60. The lowest BCUT2D eigenvalue weighted by Crippen LogP contribution is -2.43. The molecule has 1 saturated carbocycles. The van der Waals surface area contributed by atoms with Gasteiger partial charge in [-0.25, -0.2) is 0 Å². The molecule has 0 aliphatic heterocycles. The predicted molar refractivity (Wildman–Crippen MR) is 103 cm³/mol. The minimum Gasteiger partial charge on any atom is -0.344 e. The number of amides is 1. The summed E-state index contributed by atoms with van der Waals surface area (Å²) in [5, 5.41) is 11.7. The summed E-state index contributed by atoms with van der Waals surface area (Å²) in [6.07, 6.45) is 4.18. The van der Waals surface area contributed by atoms with Crippen molar-refractivity contribution in [3.63, 3.8) is 0 Å². The lowest BCUT2D eigenvalue weighted by Gasteiger charge is -2.29. The second-order valence-corrected chi connectivity index (χ2v) is 8.95. The van der Waals surface area contributed by atoms with Crippen LogP contribution in [0.15, 0.2) is 51.9 Å². The fourth-order valence-corrected chi connectivity index (χ4v) is 6.07. The van der Waals surface area contributed by atoms with Gasteiger partial charge >= 0.3 is 0 Å². The van der Waals surface area contributed by atoms with Crippen molar-refractivity contribution in [2.75, 3.05) is 0 Å². The van der Waals surface area contributed by atoms with Crippen molar-refractivity contribution in [2.45, 2.75) is 37.1 Å². The lowest BCUT2D eigenvalue weighted by atomic mass is 9.83. The average Bonchev–Trinajstić information content (AvgIpc) is 3.41. The number of nitrogens with one attached hydrogen (secondary N) is 1. The Morgan fingerprint density at radius 2 is 1.83 bits per heavy atom. The van der Waals surface area contributed by atoms with Gasteiger partial charge in [0.1, 0.15) is 0 Å². The fraction of sp³-hybridized carbons (Fsp3) is 0.316. The van der Waals surface area contributed by atoms with Crippen LogP contribution in [-0.2, 0) is 10.2 Å². The summed E-state index contributed by atoms with van der Waals surface area (Å²) in [5.41, 5.74) is 0.842. The first-order chi connectivity index (χ1) is 11.8. The van der Waals surface area contributed by atoms with Gasteiger partial charge in [-0.15, -0.1) is 22.7 Å². The smallest absolute Gasteiger partial charge is 0.232 e. The van der Waals surface area contributed by atoms with E-state index in [1.54, 1.807) is 34.0 Å². The highest BCUT2D eigenvalue weighted by Gasteiger charge is 2.44. The third kappa shape index (κ3) is 2.85. The lowest BCUT2D eigenvalue weighted by molar-refractivity contribution is -0.127. The largest absolute Gasteiger partial charge is 0.344 e. The van der Waals surface area contributed by atoms with E-state index in [9.17, 15) is 4.79 Å². The highest BCUT2D eigenvalue weighted by molar-refractivity contribution is 7.10. The maximum atomic E-state index is 13.4. The molecule has 0 bridgehead atoms. The molecule has 1 aliphatic rings. The topological polar surface area (TPSA) is 29.1 Å². The zero-order valence-corrected chi connectivity index (χ0v) is 15.7. The van der Waals surface area contributed by atoms with Gasteiger partial charge in [-0.2, -0.15) is 11.3 Å². The summed E-state index contributed by atoms with van der Waals surface area (Å²) >= 11 is 5.09. The molecule has 1 amide bonds. The number of thiophene rings is 3. The monoisotopic (exact) mass is 373 g/mol. The van der Waals surface area contributed by atoms with E-state index < -0.39 is 0 Å². The van der Waals surface area contributed by atoms with E-state index in [0.29, 0.717) is 0 Å². The van der Waals surface area contributed by atoms with Gasteiger partial charge in [0.15, 0.2) is 0 Å². The molecule has 0 radical (unpaired) electrons. The van der Waals surface area contributed by atoms with Gasteiger partial charge in [-0.05, 0) is 58.1 Å². The normalized spacial score (nSPS) is 17.7. The maximum Gasteiger partial charge on any atom is 0.232 e. The Labute approximate surface area is 154 Å². The molecule has 24 heavy (non-hydrogen) atoms. The summed E-state index contributed by atoms with van der Waals surface area (Å²) < 4.78 is 0. The van der Waals surface area contributed by atoms with Crippen LogP contribution in [-0.4, -0.2) is 5.91 Å². The molecule has 124 valence electrons. The predicted octanol–water partition coefficient (Wildman–Crippen LogP) is 5.59. The molecule has 0 spiro atoms. The van der Waals surface area contributed by atoms with Crippen molar-refractivity contribution in [1.29, 1.82) is 0 Å². The van der Waals surface area contributed by atoms with Gasteiger partial charge in [-0.3, -0.25) is 4.79 Å². The van der Waals surface area contributed by atoms with E-state index in [0.717, 1.165) is 25.7 Å². The van der Waals surface area contributed by atoms with Crippen LogP contribution in [0.1, 0.15) is 47.0 Å². The van der Waals surface area contributed by atoms with Crippen LogP contribution in [0.2, 0.25) is 0 Å². The van der Waals surface area contributed by atoms with Crippen molar-refractivity contribution in [3.8, 4) is 0 Å². The first-order valence-electron chi connectivity index (χ1n) is 8.20. The average molecular weight is 374 g/mol. The van der Waals surface area contributed by atoms with Crippen molar-refractivity contribution >= 4 is 39.9 Å². The second-order valence-electron chi connectivity index (χ2n) is 6.25. The number of hydrogen-bond acceptors (Lipinski definition) is 4. The Balaban J connectivity index is 1.65. The summed E-state index contributed by atoms with van der Waals surface area (Å²) in [5.74, 6) is 0.187. The van der Waals surface area contributed by atoms with E-state index in [1.807, 2.05) is 0 Å². The van der Waals surface area contributed by atoms with Crippen LogP contribution in [0, 0.1) is 0 Å². The highest BCUT2D eigenvalue weighted by atomic mass is 32.1. The zero-order chi connectivity index (χ0) is 16.4. The van der Waals surface area contributed by atoms with Gasteiger partial charge in [0, 0.05) is 9.75 Å². The minimum atomic E-state index is -0.334. The highest BCUT2D eigenvalue weighted by Crippen LogP contribution is 2.44. The van der Waals surface area contributed by atoms with Crippen LogP contribution in [0.5, 0.6) is 0 Å². The van der Waals surface area contributed by atoms with Crippen LogP contribution in [0.25, 0.3) is 0 Å². The number of rotatable bonds is 5. The van der Waals surface area contributed by atoms with E-state index in [-0.39, 0.29) is 17.4 Å². The molecule has 2 nitrogen and oxygen atoms in total. The van der Waals surface area contributed by atoms with E-state index in [1.165, 1.54) is 15.3 Å². The summed E-state index contributed by atoms with van der Waals surface area (Å²) in [6.45, 7) is 0. The van der Waals surface area contributed by atoms with Crippen molar-refractivity contribution < 1.29 is 4.79 Å². The molecule has 3 heterocycles. The van der Waals surface area contributed by atoms with E-state index >= 15 is 0 Å². The van der Waals surface area contributed by atoms with Crippen LogP contribution < -0.4 is 5.32 Å². The van der Waals surface area contributed by atoms with Crippen molar-refractivity contribution in [2.24, 2.45) is 0 Å². The molecular formula is C19H19NOS3. The van der Waals surface area contributed by atoms with Crippen LogP contribution >= 0.6 is 34.0 Å². The van der Waals surface area contributed by atoms with E-state index in [2.05, 4.69) is 57.2 Å². The molecule has 5 heteroatoms. The summed E-state index contributed by atoms with van der Waals surface area (Å²) in [6, 6.07) is 10.4. The Bertz CT molecular complexity index is 735. The third-order valence-corrected chi connectivity index (χ3v) is 7.58. The summed E-state index contributed by atoms with van der Waals surface area (Å²) in [7, 11) is 0. The van der Waals surface area contributed by atoms with Crippen molar-refractivity contribution in [1.82, 2.24) is 5.32 Å². The van der Waals surface area contributed by atoms with E-state index in [4.69, 9.17) is 0 Å². The molecule has 1 aliphatic carbocycles. The number of carbonyl (C=O) groups excluding carboxylic acids is 1. The molecule has 3 aromatic rings. The van der Waals surface area contributed by atoms with Gasteiger partial charge in [0.05, 0.1) is 11.5 Å². The molecule has 1 fully saturated rings. The molecule has 0 aromatic carbocycles.